The minimum atomic E-state index is 0.620. The molecule has 0 spiro atoms. The summed E-state index contributed by atoms with van der Waals surface area (Å²) in [7, 11) is 0. The second kappa shape index (κ2) is 4.61. The molecule has 5 heteroatoms. The van der Waals surface area contributed by atoms with Crippen LogP contribution in [0.2, 0.25) is 0 Å². The Hall–Kier alpha value is -1.11. The maximum atomic E-state index is 5.37. The summed E-state index contributed by atoms with van der Waals surface area (Å²) >= 11 is 2.20. The van der Waals surface area contributed by atoms with Gasteiger partial charge in [0.2, 0.25) is 5.88 Å². The number of ether oxygens (including phenoxy) is 1. The van der Waals surface area contributed by atoms with Crippen molar-refractivity contribution in [1.29, 1.82) is 0 Å². The van der Waals surface area contributed by atoms with Crippen molar-refractivity contribution in [2.75, 3.05) is 6.61 Å². The minimum Gasteiger partial charge on any atom is -0.476 e. The Labute approximate surface area is 101 Å². The van der Waals surface area contributed by atoms with Gasteiger partial charge in [0.1, 0.15) is 0 Å². The fourth-order valence-corrected chi connectivity index (χ4v) is 1.71. The largest absolute Gasteiger partial charge is 0.476 e. The summed E-state index contributed by atoms with van der Waals surface area (Å²) in [6.45, 7) is 2.56. The van der Waals surface area contributed by atoms with E-state index in [1.54, 1.807) is 10.9 Å². The lowest BCUT2D eigenvalue weighted by atomic mass is 10.5. The molecule has 0 unspecified atom stereocenters. The van der Waals surface area contributed by atoms with Gasteiger partial charge in [0, 0.05) is 12.4 Å². The van der Waals surface area contributed by atoms with Gasteiger partial charge in [-0.15, -0.1) is 5.10 Å². The molecule has 0 atom stereocenters. The molecule has 2 rings (SSSR count). The molecule has 15 heavy (non-hydrogen) atoms. The Bertz CT molecular complexity index is 441. The van der Waals surface area contributed by atoms with Crippen molar-refractivity contribution >= 4 is 22.6 Å². The molecule has 0 saturated carbocycles. The second-order valence-electron chi connectivity index (χ2n) is 2.85. The van der Waals surface area contributed by atoms with Crippen LogP contribution in [0.15, 0.2) is 30.6 Å². The van der Waals surface area contributed by atoms with Crippen molar-refractivity contribution in [3.05, 3.63) is 34.2 Å². The van der Waals surface area contributed by atoms with E-state index >= 15 is 0 Å². The summed E-state index contributed by atoms with van der Waals surface area (Å²) in [6, 6.07) is 5.71. The van der Waals surface area contributed by atoms with Crippen molar-refractivity contribution < 1.29 is 4.74 Å². The summed E-state index contributed by atoms with van der Waals surface area (Å²) in [5.41, 5.74) is 0. The van der Waals surface area contributed by atoms with Gasteiger partial charge in [0.15, 0.2) is 5.82 Å². The molecule has 78 valence electrons. The molecule has 0 radical (unpaired) electrons. The summed E-state index contributed by atoms with van der Waals surface area (Å²) in [6.07, 6.45) is 3.64. The van der Waals surface area contributed by atoms with E-state index in [0.29, 0.717) is 12.5 Å². The third kappa shape index (κ3) is 2.28. The highest BCUT2D eigenvalue weighted by atomic mass is 127. The first-order valence-corrected chi connectivity index (χ1v) is 5.68. The fourth-order valence-electron chi connectivity index (χ4n) is 1.18. The van der Waals surface area contributed by atoms with Crippen molar-refractivity contribution in [2.24, 2.45) is 0 Å². The molecular formula is C10H10IN3O. The highest BCUT2D eigenvalue weighted by Gasteiger charge is 2.08. The summed E-state index contributed by atoms with van der Waals surface area (Å²) < 4.78 is 8.07. The highest BCUT2D eigenvalue weighted by Crippen LogP contribution is 2.19. The Balaban J connectivity index is 2.34. The van der Waals surface area contributed by atoms with E-state index in [2.05, 4.69) is 32.7 Å². The van der Waals surface area contributed by atoms with Crippen molar-refractivity contribution in [1.82, 2.24) is 14.8 Å². The molecule has 0 aliphatic rings. The second-order valence-corrected chi connectivity index (χ2v) is 4.01. The molecule has 0 saturated heterocycles. The molecule has 0 aliphatic carbocycles. The molecule has 0 aromatic carbocycles. The highest BCUT2D eigenvalue weighted by molar-refractivity contribution is 14.1. The number of halogens is 1. The zero-order valence-corrected chi connectivity index (χ0v) is 10.4. The predicted molar refractivity (Wildman–Crippen MR) is 65.2 cm³/mol. The van der Waals surface area contributed by atoms with Gasteiger partial charge in [0.05, 0.1) is 10.2 Å². The standard InChI is InChI=1S/C10H10IN3O/c1-2-15-10-8(11)7-14(13-10)9-5-3-4-6-12-9/h3-7H,2H2,1H3. The number of rotatable bonds is 3. The quantitative estimate of drug-likeness (QED) is 0.816. The number of hydrogen-bond acceptors (Lipinski definition) is 3. The number of nitrogens with zero attached hydrogens (tertiary/aromatic N) is 3. The van der Waals surface area contributed by atoms with E-state index < -0.39 is 0 Å². The smallest absolute Gasteiger partial charge is 0.246 e. The van der Waals surface area contributed by atoms with Crippen LogP contribution < -0.4 is 4.74 Å². The van der Waals surface area contributed by atoms with E-state index in [1.165, 1.54) is 0 Å². The monoisotopic (exact) mass is 315 g/mol. The van der Waals surface area contributed by atoms with Crippen LogP contribution in [0, 0.1) is 3.57 Å². The zero-order chi connectivity index (χ0) is 10.7. The molecule has 2 aromatic heterocycles. The van der Waals surface area contributed by atoms with Gasteiger partial charge < -0.3 is 4.74 Å². The fraction of sp³-hybridized carbons (Fsp3) is 0.200. The lowest BCUT2D eigenvalue weighted by molar-refractivity contribution is 0.322. The number of pyridine rings is 1. The Morgan fingerprint density at radius 1 is 1.47 bits per heavy atom. The third-order valence-corrected chi connectivity index (χ3v) is 2.54. The van der Waals surface area contributed by atoms with Crippen LogP contribution in [-0.2, 0) is 0 Å². The Morgan fingerprint density at radius 2 is 2.33 bits per heavy atom. The van der Waals surface area contributed by atoms with E-state index in [1.807, 2.05) is 31.3 Å². The maximum absolute atomic E-state index is 5.37. The molecule has 0 N–H and O–H groups in total. The van der Waals surface area contributed by atoms with E-state index in [4.69, 9.17) is 4.74 Å². The van der Waals surface area contributed by atoms with E-state index in [9.17, 15) is 0 Å². The first-order valence-electron chi connectivity index (χ1n) is 4.60. The van der Waals surface area contributed by atoms with E-state index in [-0.39, 0.29) is 0 Å². The van der Waals surface area contributed by atoms with Gasteiger partial charge in [-0.05, 0) is 41.6 Å². The summed E-state index contributed by atoms with van der Waals surface area (Å²) in [5, 5.41) is 4.29. The van der Waals surface area contributed by atoms with Gasteiger partial charge in [-0.1, -0.05) is 6.07 Å². The number of aromatic nitrogens is 3. The number of hydrogen-bond donors (Lipinski definition) is 0. The molecule has 0 fully saturated rings. The van der Waals surface area contributed by atoms with Gasteiger partial charge in [-0.25, -0.2) is 9.67 Å². The average Bonchev–Trinajstić information content (AvgIpc) is 2.63. The van der Waals surface area contributed by atoms with Gasteiger partial charge in [-0.3, -0.25) is 0 Å². The van der Waals surface area contributed by atoms with Crippen molar-refractivity contribution in [3.8, 4) is 11.7 Å². The topological polar surface area (TPSA) is 39.9 Å². The molecule has 4 nitrogen and oxygen atoms in total. The molecule has 0 aliphatic heterocycles. The van der Waals surface area contributed by atoms with Crippen LogP contribution in [0.25, 0.3) is 5.82 Å². The average molecular weight is 315 g/mol. The lowest BCUT2D eigenvalue weighted by Crippen LogP contribution is -1.98. The van der Waals surface area contributed by atoms with Crippen molar-refractivity contribution in [3.63, 3.8) is 0 Å². The zero-order valence-electron chi connectivity index (χ0n) is 8.22. The van der Waals surface area contributed by atoms with Crippen LogP contribution in [0.5, 0.6) is 5.88 Å². The van der Waals surface area contributed by atoms with Gasteiger partial charge in [0.25, 0.3) is 0 Å². The molecular weight excluding hydrogens is 305 g/mol. The first-order chi connectivity index (χ1) is 7.31. The summed E-state index contributed by atoms with van der Waals surface area (Å²) in [4.78, 5) is 4.21. The van der Waals surface area contributed by atoms with Crippen molar-refractivity contribution in [2.45, 2.75) is 6.92 Å². The van der Waals surface area contributed by atoms with Crippen LogP contribution >= 0.6 is 22.6 Å². The Kier molecular flexibility index (Phi) is 3.20. The van der Waals surface area contributed by atoms with Gasteiger partial charge >= 0.3 is 0 Å². The van der Waals surface area contributed by atoms with Crippen LogP contribution in [0.3, 0.4) is 0 Å². The normalized spacial score (nSPS) is 10.3. The Morgan fingerprint density at radius 3 is 3.00 bits per heavy atom. The molecule has 2 aromatic rings. The SMILES string of the molecule is CCOc1nn(-c2ccccn2)cc1I. The third-order valence-electron chi connectivity index (χ3n) is 1.80. The molecule has 2 heterocycles. The summed E-state index contributed by atoms with van der Waals surface area (Å²) in [5.74, 6) is 1.45. The van der Waals surface area contributed by atoms with Crippen LogP contribution in [-0.4, -0.2) is 21.4 Å². The first kappa shape index (κ1) is 10.4. The van der Waals surface area contributed by atoms with Crippen LogP contribution in [0.1, 0.15) is 6.92 Å². The molecule has 0 amide bonds. The van der Waals surface area contributed by atoms with Crippen LogP contribution in [0.4, 0.5) is 0 Å². The lowest BCUT2D eigenvalue weighted by Gasteiger charge is -1.98. The minimum absolute atomic E-state index is 0.620. The van der Waals surface area contributed by atoms with Gasteiger partial charge in [-0.2, -0.15) is 0 Å². The maximum Gasteiger partial charge on any atom is 0.246 e. The van der Waals surface area contributed by atoms with E-state index in [0.717, 1.165) is 9.39 Å². The molecule has 0 bridgehead atoms. The predicted octanol–water partition coefficient (Wildman–Crippen LogP) is 2.27.